The summed E-state index contributed by atoms with van der Waals surface area (Å²) in [5.74, 6) is 1.21. The number of amides is 1. The molecule has 1 aliphatic rings. The Hall–Kier alpha value is -3.35. The fourth-order valence-electron chi connectivity index (χ4n) is 3.86. The highest BCUT2D eigenvalue weighted by Crippen LogP contribution is 2.34. The van der Waals surface area contributed by atoms with Gasteiger partial charge in [-0.2, -0.15) is 5.10 Å². The second-order valence-corrected chi connectivity index (χ2v) is 8.02. The van der Waals surface area contributed by atoms with E-state index in [1.807, 2.05) is 45.0 Å². The van der Waals surface area contributed by atoms with Gasteiger partial charge >= 0.3 is 0 Å². The van der Waals surface area contributed by atoms with Crippen molar-refractivity contribution in [1.29, 1.82) is 0 Å². The van der Waals surface area contributed by atoms with Crippen molar-refractivity contribution in [1.82, 2.24) is 15.1 Å². The number of benzene rings is 2. The summed E-state index contributed by atoms with van der Waals surface area (Å²) in [6.07, 6.45) is 0.748. The van der Waals surface area contributed by atoms with Crippen LogP contribution in [0.3, 0.4) is 0 Å². The zero-order valence-electron chi connectivity index (χ0n) is 18.1. The van der Waals surface area contributed by atoms with Crippen molar-refractivity contribution in [2.24, 2.45) is 5.92 Å². The molecule has 0 spiro atoms. The summed E-state index contributed by atoms with van der Waals surface area (Å²) >= 11 is 0. The lowest BCUT2D eigenvalue weighted by molar-refractivity contribution is 0.0919. The molecule has 0 radical (unpaired) electrons. The van der Waals surface area contributed by atoms with E-state index in [4.69, 9.17) is 9.47 Å². The molecule has 7 heteroatoms. The van der Waals surface area contributed by atoms with Crippen LogP contribution in [0.1, 0.15) is 49.3 Å². The molecule has 31 heavy (non-hydrogen) atoms. The number of ether oxygens (including phenoxy) is 2. The van der Waals surface area contributed by atoms with E-state index in [-0.39, 0.29) is 29.1 Å². The van der Waals surface area contributed by atoms with E-state index in [1.54, 1.807) is 18.2 Å². The molecule has 2 aromatic carbocycles. The molecule has 4 rings (SSSR count). The van der Waals surface area contributed by atoms with Gasteiger partial charge in [0.1, 0.15) is 13.2 Å². The molecule has 0 saturated carbocycles. The number of hydrogen-bond donors (Lipinski definition) is 1. The van der Waals surface area contributed by atoms with Crippen LogP contribution in [-0.4, -0.2) is 28.9 Å². The van der Waals surface area contributed by atoms with Crippen LogP contribution in [0, 0.1) is 5.92 Å². The smallest absolute Gasteiger partial charge is 0.274 e. The largest absolute Gasteiger partial charge is 0.486 e. The topological polar surface area (TPSA) is 82.5 Å². The Balaban J connectivity index is 1.71. The maximum absolute atomic E-state index is 13.4. The number of aromatic nitrogens is 2. The average Bonchev–Trinajstić information content (AvgIpc) is 2.78. The Morgan fingerprint density at radius 1 is 1.10 bits per heavy atom. The van der Waals surface area contributed by atoms with Crippen LogP contribution in [-0.2, 0) is 6.54 Å². The molecule has 3 aromatic rings. The SMILES string of the molecule is CCCn1nc(C(=O)N[C@H](c2ccc3c(c2)OCCO3)C(C)C)c2ccccc2c1=O. The van der Waals surface area contributed by atoms with Crippen LogP contribution in [0.15, 0.2) is 47.3 Å². The number of aryl methyl sites for hydroxylation is 1. The molecule has 1 atom stereocenters. The summed E-state index contributed by atoms with van der Waals surface area (Å²) in [7, 11) is 0. The lowest BCUT2D eigenvalue weighted by Crippen LogP contribution is -2.35. The monoisotopic (exact) mass is 421 g/mol. The molecule has 1 amide bonds. The van der Waals surface area contributed by atoms with Crippen molar-refractivity contribution < 1.29 is 14.3 Å². The summed E-state index contributed by atoms with van der Waals surface area (Å²) in [6.45, 7) is 7.56. The number of rotatable bonds is 6. The van der Waals surface area contributed by atoms with Gasteiger partial charge in [0, 0.05) is 11.9 Å². The Bertz CT molecular complexity index is 1170. The van der Waals surface area contributed by atoms with E-state index in [1.165, 1.54) is 4.68 Å². The van der Waals surface area contributed by atoms with Crippen molar-refractivity contribution in [2.75, 3.05) is 13.2 Å². The highest BCUT2D eigenvalue weighted by molar-refractivity contribution is 6.04. The molecule has 162 valence electrons. The molecule has 1 aliphatic heterocycles. The maximum Gasteiger partial charge on any atom is 0.274 e. The van der Waals surface area contributed by atoms with Crippen LogP contribution in [0.4, 0.5) is 0 Å². The van der Waals surface area contributed by atoms with Gasteiger partial charge in [0.2, 0.25) is 0 Å². The lowest BCUT2D eigenvalue weighted by Gasteiger charge is -2.25. The number of nitrogens with one attached hydrogen (secondary N) is 1. The molecular weight excluding hydrogens is 394 g/mol. The number of hydrogen-bond acceptors (Lipinski definition) is 5. The Morgan fingerprint density at radius 3 is 2.52 bits per heavy atom. The molecule has 2 heterocycles. The molecule has 7 nitrogen and oxygen atoms in total. The highest BCUT2D eigenvalue weighted by atomic mass is 16.6. The van der Waals surface area contributed by atoms with E-state index < -0.39 is 0 Å². The van der Waals surface area contributed by atoms with Crippen LogP contribution in [0.5, 0.6) is 11.5 Å². The number of fused-ring (bicyclic) bond motifs is 2. The van der Waals surface area contributed by atoms with Crippen molar-refractivity contribution in [3.8, 4) is 11.5 Å². The first kappa shape index (κ1) is 20.9. The van der Waals surface area contributed by atoms with Crippen LogP contribution in [0.2, 0.25) is 0 Å². The van der Waals surface area contributed by atoms with Crippen LogP contribution in [0.25, 0.3) is 10.8 Å². The third-order valence-electron chi connectivity index (χ3n) is 5.40. The van der Waals surface area contributed by atoms with E-state index in [0.29, 0.717) is 42.0 Å². The number of carbonyl (C=O) groups excluding carboxylic acids is 1. The molecule has 1 aromatic heterocycles. The molecular formula is C24H27N3O4. The predicted octanol–water partition coefficient (Wildman–Crippen LogP) is 3.70. The lowest BCUT2D eigenvalue weighted by atomic mass is 9.95. The summed E-state index contributed by atoms with van der Waals surface area (Å²) < 4.78 is 12.7. The number of carbonyl (C=O) groups is 1. The van der Waals surface area contributed by atoms with Crippen molar-refractivity contribution in [2.45, 2.75) is 39.8 Å². The second kappa shape index (κ2) is 8.79. The first-order valence-electron chi connectivity index (χ1n) is 10.7. The molecule has 0 bridgehead atoms. The third-order valence-corrected chi connectivity index (χ3v) is 5.40. The van der Waals surface area contributed by atoms with Gasteiger partial charge in [-0.3, -0.25) is 9.59 Å². The minimum atomic E-state index is -0.311. The average molecular weight is 421 g/mol. The number of nitrogens with zero attached hydrogens (tertiary/aromatic N) is 2. The fraction of sp³-hybridized carbons (Fsp3) is 0.375. The van der Waals surface area contributed by atoms with Gasteiger partial charge < -0.3 is 14.8 Å². The van der Waals surface area contributed by atoms with E-state index in [2.05, 4.69) is 10.4 Å². The van der Waals surface area contributed by atoms with Gasteiger partial charge in [-0.15, -0.1) is 0 Å². The molecule has 1 N–H and O–H groups in total. The summed E-state index contributed by atoms with van der Waals surface area (Å²) in [5.41, 5.74) is 1.01. The van der Waals surface area contributed by atoms with Gasteiger partial charge in [0.15, 0.2) is 17.2 Å². The van der Waals surface area contributed by atoms with E-state index in [9.17, 15) is 9.59 Å². The summed E-state index contributed by atoms with van der Waals surface area (Å²) in [4.78, 5) is 26.1. The van der Waals surface area contributed by atoms with Crippen molar-refractivity contribution >= 4 is 16.7 Å². The zero-order valence-corrected chi connectivity index (χ0v) is 18.1. The van der Waals surface area contributed by atoms with Crippen LogP contribution >= 0.6 is 0 Å². The normalized spacial score (nSPS) is 13.9. The van der Waals surface area contributed by atoms with Crippen molar-refractivity contribution in [3.63, 3.8) is 0 Å². The fourth-order valence-corrected chi connectivity index (χ4v) is 3.86. The molecule has 0 unspecified atom stereocenters. The van der Waals surface area contributed by atoms with E-state index >= 15 is 0 Å². The van der Waals surface area contributed by atoms with Crippen molar-refractivity contribution in [3.05, 3.63) is 64.1 Å². The minimum Gasteiger partial charge on any atom is -0.486 e. The van der Waals surface area contributed by atoms with Gasteiger partial charge in [-0.1, -0.05) is 45.0 Å². The molecule has 0 fully saturated rings. The van der Waals surface area contributed by atoms with E-state index in [0.717, 1.165) is 12.0 Å². The Labute approximate surface area is 181 Å². The highest BCUT2D eigenvalue weighted by Gasteiger charge is 2.24. The van der Waals surface area contributed by atoms with Gasteiger partial charge in [0.05, 0.1) is 11.4 Å². The quantitative estimate of drug-likeness (QED) is 0.656. The molecule has 0 saturated heterocycles. The summed E-state index contributed by atoms with van der Waals surface area (Å²) in [5, 5.41) is 8.59. The molecule has 0 aliphatic carbocycles. The first-order valence-corrected chi connectivity index (χ1v) is 10.7. The Morgan fingerprint density at radius 2 is 1.81 bits per heavy atom. The maximum atomic E-state index is 13.4. The third kappa shape index (κ3) is 4.13. The van der Waals surface area contributed by atoms with Gasteiger partial charge in [-0.05, 0) is 36.1 Å². The minimum absolute atomic E-state index is 0.124. The van der Waals surface area contributed by atoms with Gasteiger partial charge in [0.25, 0.3) is 11.5 Å². The summed E-state index contributed by atoms with van der Waals surface area (Å²) in [6, 6.07) is 12.6. The van der Waals surface area contributed by atoms with Gasteiger partial charge in [-0.25, -0.2) is 4.68 Å². The van der Waals surface area contributed by atoms with Crippen LogP contribution < -0.4 is 20.3 Å². The zero-order chi connectivity index (χ0) is 22.0. The Kier molecular flexibility index (Phi) is 5.93. The second-order valence-electron chi connectivity index (χ2n) is 8.02. The predicted molar refractivity (Wildman–Crippen MR) is 119 cm³/mol. The first-order chi connectivity index (χ1) is 15.0. The standard InChI is InChI=1S/C24H27N3O4/c1-4-11-27-24(29)18-8-6-5-7-17(18)22(26-27)23(28)25-21(15(2)3)16-9-10-19-20(14-16)31-13-12-30-19/h5-10,14-15,21H,4,11-13H2,1-3H3,(H,25,28)/t21-/m0/s1.